The molecule has 0 spiro atoms. The molecule has 3 aromatic carbocycles. The van der Waals surface area contributed by atoms with E-state index in [2.05, 4.69) is 47.9 Å². The normalized spacial score (nSPS) is 19.4. The third kappa shape index (κ3) is 6.42. The number of aliphatic imine (C=N–C) groups is 2. The largest absolute Gasteiger partial charge is 0.478 e. The maximum Gasteiger partial charge on any atom is 0.335 e. The molecule has 2 N–H and O–H groups in total. The van der Waals surface area contributed by atoms with Gasteiger partial charge in [-0.25, -0.2) is 9.59 Å². The third-order valence-electron chi connectivity index (χ3n) is 11.7. The van der Waals surface area contributed by atoms with Crippen LogP contribution in [0.15, 0.2) is 95.2 Å². The van der Waals surface area contributed by atoms with Crippen molar-refractivity contribution in [1.29, 1.82) is 0 Å². The number of fused-ring (bicyclic) bond motifs is 2. The highest BCUT2D eigenvalue weighted by Crippen LogP contribution is 2.46. The van der Waals surface area contributed by atoms with Crippen LogP contribution < -0.4 is 9.80 Å². The van der Waals surface area contributed by atoms with E-state index in [9.17, 15) is 19.8 Å². The molecule has 10 nitrogen and oxygen atoms in total. The van der Waals surface area contributed by atoms with Gasteiger partial charge in [0.05, 0.1) is 33.9 Å². The van der Waals surface area contributed by atoms with Crippen LogP contribution in [0.4, 0.5) is 11.4 Å². The molecule has 2 fully saturated rings. The van der Waals surface area contributed by atoms with Crippen LogP contribution in [0.5, 0.6) is 0 Å². The van der Waals surface area contributed by atoms with Crippen LogP contribution in [0.25, 0.3) is 0 Å². The summed E-state index contributed by atoms with van der Waals surface area (Å²) in [5, 5.41) is 19.8. The summed E-state index contributed by atoms with van der Waals surface area (Å²) in [4.78, 5) is 48.8. The van der Waals surface area contributed by atoms with Gasteiger partial charge in [-0.2, -0.15) is 0 Å². The number of nitrogens with zero attached hydrogens (tertiary/aromatic N) is 6. The van der Waals surface area contributed by atoms with E-state index in [0.717, 1.165) is 84.3 Å². The first-order chi connectivity index (χ1) is 27.3. The molecule has 9 rings (SSSR count). The first kappa shape index (κ1) is 35.5. The lowest BCUT2D eigenvalue weighted by molar-refractivity contribution is 0.0685. The molecule has 5 aromatic rings. The fourth-order valence-corrected chi connectivity index (χ4v) is 8.96. The van der Waals surface area contributed by atoms with Crippen LogP contribution in [0, 0.1) is 0 Å². The maximum absolute atomic E-state index is 12.0. The predicted octanol–water partition coefficient (Wildman–Crippen LogP) is 7.69. The lowest BCUT2D eigenvalue weighted by atomic mass is 9.91. The monoisotopic (exact) mass is 744 g/mol. The zero-order valence-corrected chi connectivity index (χ0v) is 31.7. The van der Waals surface area contributed by atoms with Crippen LogP contribution in [-0.4, -0.2) is 70.0 Å². The molecule has 0 bridgehead atoms. The summed E-state index contributed by atoms with van der Waals surface area (Å²) in [6, 6.07) is 23.5. The number of benzene rings is 3. The Kier molecular flexibility index (Phi) is 9.19. The smallest absolute Gasteiger partial charge is 0.335 e. The number of aromatic nitrogens is 2. The minimum Gasteiger partial charge on any atom is -0.478 e. The Balaban J connectivity index is 0.980. The molecule has 2 aliphatic heterocycles. The molecule has 4 heterocycles. The highest BCUT2D eigenvalue weighted by Gasteiger charge is 2.40. The maximum atomic E-state index is 12.0. The second-order valence-corrected chi connectivity index (χ2v) is 15.1. The van der Waals surface area contributed by atoms with E-state index >= 15 is 0 Å². The molecule has 10 heteroatoms. The molecule has 0 saturated carbocycles. The van der Waals surface area contributed by atoms with E-state index < -0.39 is 11.9 Å². The summed E-state index contributed by atoms with van der Waals surface area (Å²) in [6.07, 6.45) is 8.42. The first-order valence-electron chi connectivity index (χ1n) is 19.7. The van der Waals surface area contributed by atoms with Gasteiger partial charge in [0.2, 0.25) is 0 Å². The molecular formula is C46H44N6O4. The Morgan fingerprint density at radius 1 is 0.643 bits per heavy atom. The Morgan fingerprint density at radius 2 is 1.05 bits per heavy atom. The van der Waals surface area contributed by atoms with Gasteiger partial charge in [-0.15, -0.1) is 0 Å². The number of amidine groups is 2. The van der Waals surface area contributed by atoms with E-state index in [1.807, 2.05) is 36.7 Å². The Bertz CT molecular complexity index is 2290. The van der Waals surface area contributed by atoms with Gasteiger partial charge in [0.25, 0.3) is 0 Å². The zero-order valence-electron chi connectivity index (χ0n) is 31.7. The van der Waals surface area contributed by atoms with Crippen molar-refractivity contribution in [2.24, 2.45) is 9.98 Å². The van der Waals surface area contributed by atoms with Gasteiger partial charge in [-0.05, 0) is 83.3 Å². The van der Waals surface area contributed by atoms with Gasteiger partial charge in [0.15, 0.2) is 0 Å². The SMILES string of the molecule is CCN=C1C(c2ccc([C@H]3CCN(c4c(Cc5ccccc5C(=O)O)ncc5c4C5)C3=NCC)cc2)CCN1c1c(Cc2ccccc2C(=O)O)ncc2c1C2. The number of carboxylic acids is 2. The first-order valence-corrected chi connectivity index (χ1v) is 19.7. The van der Waals surface area contributed by atoms with E-state index in [-0.39, 0.29) is 11.8 Å². The second kappa shape index (κ2) is 14.5. The van der Waals surface area contributed by atoms with E-state index in [0.29, 0.717) is 37.1 Å². The van der Waals surface area contributed by atoms with Crippen LogP contribution in [0.1, 0.15) is 115 Å². The molecule has 2 atom stereocenters. The summed E-state index contributed by atoms with van der Waals surface area (Å²) < 4.78 is 0. The number of carbonyl (C=O) groups is 2. The van der Waals surface area contributed by atoms with Crippen molar-refractivity contribution in [2.45, 2.75) is 64.2 Å². The average Bonchev–Trinajstić information content (AvgIpc) is 4.09. The van der Waals surface area contributed by atoms with E-state index in [4.69, 9.17) is 20.0 Å². The molecule has 0 amide bonds. The highest BCUT2D eigenvalue weighted by atomic mass is 16.4. The number of hydrogen-bond acceptors (Lipinski definition) is 6. The molecule has 2 saturated heterocycles. The fraction of sp³-hybridized carbons (Fsp3) is 0.304. The number of rotatable bonds is 12. The minimum absolute atomic E-state index is 0.128. The number of carboxylic acid groups (broad SMARTS) is 2. The summed E-state index contributed by atoms with van der Waals surface area (Å²) in [6.45, 7) is 7.11. The average molecular weight is 745 g/mol. The standard InChI is InChI=1S/C46H44N6O4/c1-3-47-43-33(17-19-51(43)41-37-21-31(37)25-49-39(41)23-29-9-5-7-11-35(29)45(53)54)27-13-15-28(16-14-27)34-18-20-52(44(34)48-4-2)42-38-22-32(38)26-50-40(42)24-30-10-6-8-12-36(30)46(55)56/h5-16,25-26,33-34H,3-4,17-24H2,1-2H3,(H,53,54)(H,55,56)/t33-,34?/m1/s1. The molecule has 2 aromatic heterocycles. The summed E-state index contributed by atoms with van der Waals surface area (Å²) >= 11 is 0. The van der Waals surface area contributed by atoms with Crippen molar-refractivity contribution in [1.82, 2.24) is 9.97 Å². The molecule has 0 radical (unpaired) electrons. The molecular weight excluding hydrogens is 701 g/mol. The van der Waals surface area contributed by atoms with Crippen molar-refractivity contribution < 1.29 is 19.8 Å². The van der Waals surface area contributed by atoms with Gasteiger partial charge in [-0.3, -0.25) is 20.0 Å². The zero-order chi connectivity index (χ0) is 38.5. The second-order valence-electron chi connectivity index (χ2n) is 15.1. The Labute approximate surface area is 326 Å². The quantitative estimate of drug-likeness (QED) is 0.130. The van der Waals surface area contributed by atoms with Crippen LogP contribution in [-0.2, 0) is 25.7 Å². The number of hydrogen-bond donors (Lipinski definition) is 2. The molecule has 4 aliphatic rings. The lowest BCUT2D eigenvalue weighted by Gasteiger charge is -2.25. The highest BCUT2D eigenvalue weighted by molar-refractivity contribution is 6.07. The van der Waals surface area contributed by atoms with Crippen LogP contribution in [0.3, 0.4) is 0 Å². The Hall–Kier alpha value is -6.16. The van der Waals surface area contributed by atoms with Crippen LogP contribution in [0.2, 0.25) is 0 Å². The van der Waals surface area contributed by atoms with Crippen molar-refractivity contribution >= 4 is 35.0 Å². The number of anilines is 2. The number of aromatic carboxylic acids is 2. The summed E-state index contributed by atoms with van der Waals surface area (Å²) in [5.41, 5.74) is 13.6. The number of pyridine rings is 2. The van der Waals surface area contributed by atoms with Crippen LogP contribution >= 0.6 is 0 Å². The van der Waals surface area contributed by atoms with Crippen molar-refractivity contribution in [3.63, 3.8) is 0 Å². The molecule has 282 valence electrons. The lowest BCUT2D eigenvalue weighted by Crippen LogP contribution is -2.29. The third-order valence-corrected chi connectivity index (χ3v) is 11.7. The molecule has 56 heavy (non-hydrogen) atoms. The summed E-state index contributed by atoms with van der Waals surface area (Å²) in [7, 11) is 0. The van der Waals surface area contributed by atoms with E-state index in [1.165, 1.54) is 33.4 Å². The van der Waals surface area contributed by atoms with Gasteiger partial charge in [0, 0.05) is 76.1 Å². The Morgan fingerprint density at radius 3 is 1.45 bits per heavy atom. The fourth-order valence-electron chi connectivity index (χ4n) is 8.96. The molecule has 1 unspecified atom stereocenters. The topological polar surface area (TPSA) is 132 Å². The predicted molar refractivity (Wildman–Crippen MR) is 218 cm³/mol. The van der Waals surface area contributed by atoms with Crippen molar-refractivity contribution in [3.8, 4) is 0 Å². The minimum atomic E-state index is -0.927. The van der Waals surface area contributed by atoms with E-state index in [1.54, 1.807) is 24.3 Å². The van der Waals surface area contributed by atoms with Gasteiger partial charge < -0.3 is 20.0 Å². The van der Waals surface area contributed by atoms with Gasteiger partial charge in [0.1, 0.15) is 11.7 Å². The van der Waals surface area contributed by atoms with Crippen molar-refractivity contribution in [2.75, 3.05) is 36.0 Å². The van der Waals surface area contributed by atoms with Crippen molar-refractivity contribution in [3.05, 3.63) is 152 Å². The molecule has 2 aliphatic carbocycles. The summed E-state index contributed by atoms with van der Waals surface area (Å²) in [5.74, 6) is 0.496. The van der Waals surface area contributed by atoms with Gasteiger partial charge in [-0.1, -0.05) is 60.7 Å². The van der Waals surface area contributed by atoms with Gasteiger partial charge >= 0.3 is 11.9 Å².